The van der Waals surface area contributed by atoms with Crippen molar-refractivity contribution in [1.82, 2.24) is 0 Å². The summed E-state index contributed by atoms with van der Waals surface area (Å²) in [4.78, 5) is 25.9. The number of carboxylic acids is 1. The summed E-state index contributed by atoms with van der Waals surface area (Å²) < 4.78 is 7.61. The number of ether oxygens (including phenoxy) is 1. The molecular weight excluding hydrogens is 652 g/mol. The molecule has 0 radical (unpaired) electrons. The normalized spacial score (nSPS) is 13.8. The molecule has 0 bridgehead atoms. The van der Waals surface area contributed by atoms with Crippen LogP contribution in [-0.4, -0.2) is 27.3 Å². The number of halogens is 2. The van der Waals surface area contributed by atoms with Crippen molar-refractivity contribution in [2.45, 2.75) is 84.7 Å². The molecule has 3 aromatic carbocycles. The summed E-state index contributed by atoms with van der Waals surface area (Å²) in [5.74, 6) is -1.35. The average molecular weight is 688 g/mol. The number of cyclic esters (lactones) is 1. The second-order valence-electron chi connectivity index (χ2n) is 10.6. The summed E-state index contributed by atoms with van der Waals surface area (Å²) in [5.41, 5.74) is 3.61. The highest BCUT2D eigenvalue weighted by Crippen LogP contribution is 2.54. The van der Waals surface area contributed by atoms with Crippen molar-refractivity contribution in [1.29, 1.82) is 0 Å². The van der Waals surface area contributed by atoms with Crippen molar-refractivity contribution < 1.29 is 29.6 Å². The minimum Gasteiger partial charge on any atom is -0.506 e. The number of aromatic hydroxyl groups is 2. The maximum Gasteiger partial charge on any atom is 0.340 e. The van der Waals surface area contributed by atoms with E-state index in [-0.39, 0.29) is 17.1 Å². The first-order valence-electron chi connectivity index (χ1n) is 14.3. The molecule has 0 saturated carbocycles. The lowest BCUT2D eigenvalue weighted by Crippen LogP contribution is -2.33. The lowest BCUT2D eigenvalue weighted by Gasteiger charge is -2.36. The number of esters is 1. The van der Waals surface area contributed by atoms with Crippen molar-refractivity contribution >= 4 is 43.8 Å². The monoisotopic (exact) mass is 686 g/mol. The summed E-state index contributed by atoms with van der Waals surface area (Å²) in [6.45, 7) is 8.13. The number of carbonyl (C=O) groups is 2. The van der Waals surface area contributed by atoms with E-state index in [4.69, 9.17) is 4.74 Å². The van der Waals surface area contributed by atoms with Gasteiger partial charge in [-0.15, -0.1) is 0 Å². The van der Waals surface area contributed by atoms with E-state index in [1.807, 2.05) is 39.8 Å². The summed E-state index contributed by atoms with van der Waals surface area (Å²) >= 11 is 7.34. The number of phenolic OH excluding ortho intramolecular Hbond substituents is 2. The number of rotatable bonds is 11. The molecule has 0 aromatic heterocycles. The first-order chi connectivity index (χ1) is 19.6. The van der Waals surface area contributed by atoms with Crippen molar-refractivity contribution in [3.8, 4) is 11.5 Å². The van der Waals surface area contributed by atoms with Gasteiger partial charge in [0.2, 0.25) is 0 Å². The zero-order chi connectivity index (χ0) is 30.1. The Morgan fingerprint density at radius 1 is 0.756 bits per heavy atom. The fourth-order valence-electron chi connectivity index (χ4n) is 5.94. The average Bonchev–Trinajstić information content (AvgIpc) is 3.24. The van der Waals surface area contributed by atoms with Gasteiger partial charge in [-0.25, -0.2) is 9.59 Å². The number of carbonyl (C=O) groups excluding carboxylic acids is 1. The highest BCUT2D eigenvalue weighted by molar-refractivity contribution is 9.11. The lowest BCUT2D eigenvalue weighted by atomic mass is 9.73. The summed E-state index contributed by atoms with van der Waals surface area (Å²) in [6.07, 6.45) is 5.42. The van der Waals surface area contributed by atoms with E-state index in [9.17, 15) is 24.9 Å². The van der Waals surface area contributed by atoms with Gasteiger partial charge in [0, 0.05) is 16.7 Å². The van der Waals surface area contributed by atoms with Gasteiger partial charge in [-0.1, -0.05) is 53.4 Å². The van der Waals surface area contributed by atoms with E-state index in [0.29, 0.717) is 68.0 Å². The van der Waals surface area contributed by atoms with Gasteiger partial charge in [0.15, 0.2) is 5.60 Å². The summed E-state index contributed by atoms with van der Waals surface area (Å²) in [5, 5.41) is 32.3. The van der Waals surface area contributed by atoms with Crippen LogP contribution in [-0.2, 0) is 36.0 Å². The van der Waals surface area contributed by atoms with Crippen LogP contribution in [0.5, 0.6) is 11.5 Å². The van der Waals surface area contributed by atoms with Crippen LogP contribution in [0.15, 0.2) is 39.3 Å². The fourth-order valence-corrected chi connectivity index (χ4v) is 7.27. The third-order valence-electron chi connectivity index (χ3n) is 7.75. The molecule has 0 unspecified atom stereocenters. The van der Waals surface area contributed by atoms with Crippen molar-refractivity contribution in [2.24, 2.45) is 0 Å². The van der Waals surface area contributed by atoms with Crippen LogP contribution in [0.2, 0.25) is 0 Å². The van der Waals surface area contributed by atoms with E-state index < -0.39 is 17.5 Å². The SMILES string of the molecule is CCCc1cc(C2(c3cc(CCC)c(O)c(Br)c3CCC)OC(=O)c3ccc(C(=O)O)cc32)c(CCC)c(Br)c1O. The van der Waals surface area contributed by atoms with E-state index in [0.717, 1.165) is 36.8 Å². The van der Waals surface area contributed by atoms with E-state index in [1.165, 1.54) is 18.2 Å². The Morgan fingerprint density at radius 3 is 1.63 bits per heavy atom. The molecule has 1 aliphatic heterocycles. The molecular formula is C33H36Br2O6. The second kappa shape index (κ2) is 12.6. The van der Waals surface area contributed by atoms with E-state index >= 15 is 0 Å². The van der Waals surface area contributed by atoms with Gasteiger partial charge in [0.1, 0.15) is 11.5 Å². The van der Waals surface area contributed by atoms with Crippen LogP contribution in [0.4, 0.5) is 0 Å². The first kappa shape index (κ1) is 31.1. The molecule has 6 nitrogen and oxygen atoms in total. The number of carboxylic acid groups (broad SMARTS) is 1. The summed E-state index contributed by atoms with van der Waals surface area (Å²) in [7, 11) is 0. The van der Waals surface area contributed by atoms with Gasteiger partial charge >= 0.3 is 11.9 Å². The number of hydrogen-bond acceptors (Lipinski definition) is 5. The standard InChI is InChI=1S/C33H36Br2O6/c1-5-9-18-15-24(21(11-7-3)27(34)29(18)36)33(26-17-20(31(38)39)13-14-23(26)32(40)41-33)25-16-19(10-6-2)30(37)28(35)22(25)12-8-4/h13-17,36-37H,5-12H2,1-4H3,(H,38,39). The predicted molar refractivity (Wildman–Crippen MR) is 166 cm³/mol. The van der Waals surface area contributed by atoms with Crippen molar-refractivity contribution in [2.75, 3.05) is 0 Å². The largest absolute Gasteiger partial charge is 0.506 e. The molecule has 8 heteroatoms. The molecule has 218 valence electrons. The maximum absolute atomic E-state index is 13.7. The summed E-state index contributed by atoms with van der Waals surface area (Å²) in [6, 6.07) is 8.31. The van der Waals surface area contributed by atoms with Gasteiger partial charge < -0.3 is 20.1 Å². The number of aryl methyl sites for hydroxylation is 2. The number of phenols is 2. The highest BCUT2D eigenvalue weighted by Gasteiger charge is 2.52. The molecule has 41 heavy (non-hydrogen) atoms. The van der Waals surface area contributed by atoms with E-state index in [1.54, 1.807) is 0 Å². The lowest BCUT2D eigenvalue weighted by molar-refractivity contribution is 0.0245. The Kier molecular flexibility index (Phi) is 9.54. The molecule has 0 atom stereocenters. The van der Waals surface area contributed by atoms with Gasteiger partial charge in [-0.05, 0) is 110 Å². The highest BCUT2D eigenvalue weighted by atomic mass is 79.9. The third-order valence-corrected chi connectivity index (χ3v) is 9.46. The second-order valence-corrected chi connectivity index (χ2v) is 12.2. The Balaban J connectivity index is 2.28. The van der Waals surface area contributed by atoms with Gasteiger partial charge in [0.25, 0.3) is 0 Å². The van der Waals surface area contributed by atoms with Gasteiger partial charge in [-0.2, -0.15) is 0 Å². The number of hydrogen-bond donors (Lipinski definition) is 3. The van der Waals surface area contributed by atoms with Crippen molar-refractivity contribution in [3.05, 3.63) is 89.3 Å². The van der Waals surface area contributed by atoms with Crippen molar-refractivity contribution in [3.63, 3.8) is 0 Å². The Hall–Kier alpha value is -2.84. The van der Waals surface area contributed by atoms with Crippen LogP contribution in [0.3, 0.4) is 0 Å². The first-order valence-corrected chi connectivity index (χ1v) is 15.8. The Morgan fingerprint density at radius 2 is 1.22 bits per heavy atom. The molecule has 0 saturated heterocycles. The van der Waals surface area contributed by atoms with E-state index in [2.05, 4.69) is 31.9 Å². The Bertz CT molecular complexity index is 1440. The molecule has 1 aliphatic rings. The molecule has 3 aromatic rings. The van der Waals surface area contributed by atoms with Crippen LogP contribution in [0, 0.1) is 0 Å². The quantitative estimate of drug-likeness (QED) is 0.175. The van der Waals surface area contributed by atoms with Crippen LogP contribution in [0.25, 0.3) is 0 Å². The zero-order valence-electron chi connectivity index (χ0n) is 23.9. The molecule has 1 heterocycles. The molecule has 0 fully saturated rings. The number of benzene rings is 3. The van der Waals surface area contributed by atoms with Crippen LogP contribution in [0.1, 0.15) is 113 Å². The topological polar surface area (TPSA) is 104 Å². The molecule has 4 rings (SSSR count). The minimum atomic E-state index is -1.51. The molecule has 3 N–H and O–H groups in total. The predicted octanol–water partition coefficient (Wildman–Crippen LogP) is 8.59. The number of fused-ring (bicyclic) bond motifs is 1. The molecule has 0 amide bonds. The molecule has 0 spiro atoms. The van der Waals surface area contributed by atoms with Gasteiger partial charge in [-0.3, -0.25) is 0 Å². The molecule has 0 aliphatic carbocycles. The zero-order valence-corrected chi connectivity index (χ0v) is 27.0. The van der Waals surface area contributed by atoms with Gasteiger partial charge in [0.05, 0.1) is 20.1 Å². The third kappa shape index (κ3) is 5.29. The maximum atomic E-state index is 13.7. The van der Waals surface area contributed by atoms with Crippen LogP contribution < -0.4 is 0 Å². The minimum absolute atomic E-state index is 0.0405. The Labute approximate surface area is 258 Å². The number of aromatic carboxylic acids is 1. The van der Waals surface area contributed by atoms with Crippen LogP contribution >= 0.6 is 31.9 Å². The fraction of sp³-hybridized carbons (Fsp3) is 0.394. The smallest absolute Gasteiger partial charge is 0.340 e.